The number of hydrogen-bond donors (Lipinski definition) is 2. The third-order valence-electron chi connectivity index (χ3n) is 8.00. The number of nitrogens with zero attached hydrogens (tertiary/aromatic N) is 1. The molecule has 0 aliphatic carbocycles. The zero-order valence-corrected chi connectivity index (χ0v) is 30.0. The van der Waals surface area contributed by atoms with Gasteiger partial charge in [-0.05, 0) is 77.4 Å². The summed E-state index contributed by atoms with van der Waals surface area (Å²) in [6.45, 7) is 0.810. The van der Waals surface area contributed by atoms with Crippen LogP contribution in [-0.4, -0.2) is 35.7 Å². The molecule has 9 heteroatoms. The maximum atomic E-state index is 14.8. The highest BCUT2D eigenvalue weighted by Crippen LogP contribution is 2.44. The number of benzene rings is 5. The molecule has 0 unspecified atom stereocenters. The lowest BCUT2D eigenvalue weighted by atomic mass is 9.82. The van der Waals surface area contributed by atoms with Gasteiger partial charge in [0.25, 0.3) is 5.91 Å². The third kappa shape index (κ3) is 8.04. The van der Waals surface area contributed by atoms with E-state index in [1.165, 1.54) is 0 Å². The van der Waals surface area contributed by atoms with Gasteiger partial charge < -0.3 is 19.9 Å². The predicted molar refractivity (Wildman–Crippen MR) is 198 cm³/mol. The number of aliphatic hydroxyl groups excluding tert-OH is 1. The SMILES string of the molecule is O=C(NCc1ccccc1Sc1ccccc1)[C@]1(Cc2ccccc2Br)N=C(c2ccc(OCCCO)cc2)O[C@@H]1c1ccc(Br)cc1. The lowest BCUT2D eigenvalue weighted by molar-refractivity contribution is -0.129. The molecule has 2 N–H and O–H groups in total. The largest absolute Gasteiger partial charge is 0.494 e. The molecule has 6 rings (SSSR count). The topological polar surface area (TPSA) is 80.2 Å². The number of hydrogen-bond acceptors (Lipinski definition) is 6. The van der Waals surface area contributed by atoms with Crippen LogP contribution in [0.25, 0.3) is 0 Å². The maximum Gasteiger partial charge on any atom is 0.252 e. The Labute approximate surface area is 301 Å². The van der Waals surface area contributed by atoms with Crippen molar-refractivity contribution < 1.29 is 19.4 Å². The molecule has 0 aromatic heterocycles. The lowest BCUT2D eigenvalue weighted by Gasteiger charge is -2.31. The fraction of sp³-hybridized carbons (Fsp3) is 0.179. The fourth-order valence-corrected chi connectivity index (χ4v) is 7.20. The molecule has 0 fully saturated rings. The zero-order chi connectivity index (χ0) is 33.3. The number of halogens is 2. The number of carbonyl (C=O) groups excluding carboxylic acids is 1. The van der Waals surface area contributed by atoms with Crippen LogP contribution in [0.5, 0.6) is 5.75 Å². The summed E-state index contributed by atoms with van der Waals surface area (Å²) in [5.41, 5.74) is 2.19. The van der Waals surface area contributed by atoms with Crippen molar-refractivity contribution in [1.29, 1.82) is 0 Å². The van der Waals surface area contributed by atoms with E-state index < -0.39 is 11.6 Å². The number of nitrogens with one attached hydrogen (secondary N) is 1. The van der Waals surface area contributed by atoms with E-state index in [4.69, 9.17) is 19.6 Å². The Balaban J connectivity index is 1.37. The number of aliphatic hydroxyl groups is 1. The summed E-state index contributed by atoms with van der Waals surface area (Å²) in [5.74, 6) is 0.830. The average Bonchev–Trinajstić information content (AvgIpc) is 3.50. The molecule has 5 aromatic carbocycles. The molecule has 1 aliphatic rings. The van der Waals surface area contributed by atoms with Crippen LogP contribution in [0.1, 0.15) is 34.8 Å². The second-order valence-electron chi connectivity index (χ2n) is 11.3. The van der Waals surface area contributed by atoms with Crippen molar-refractivity contribution in [2.24, 2.45) is 4.99 Å². The molecule has 48 heavy (non-hydrogen) atoms. The van der Waals surface area contributed by atoms with Crippen LogP contribution in [0.2, 0.25) is 0 Å². The Bertz CT molecular complexity index is 1870. The maximum absolute atomic E-state index is 14.8. The number of carbonyl (C=O) groups is 1. The second kappa shape index (κ2) is 16.0. The van der Waals surface area contributed by atoms with Crippen molar-refractivity contribution in [1.82, 2.24) is 5.32 Å². The summed E-state index contributed by atoms with van der Waals surface area (Å²) < 4.78 is 14.3. The first kappa shape index (κ1) is 34.0. The van der Waals surface area contributed by atoms with E-state index in [-0.39, 0.29) is 12.5 Å². The van der Waals surface area contributed by atoms with Gasteiger partial charge in [-0.15, -0.1) is 0 Å². The van der Waals surface area contributed by atoms with Crippen LogP contribution in [0, 0.1) is 0 Å². The Hall–Kier alpha value is -3.89. The molecule has 0 bridgehead atoms. The number of aliphatic imine (C=N–C) groups is 1. The zero-order valence-electron chi connectivity index (χ0n) is 26.0. The lowest BCUT2D eigenvalue weighted by Crippen LogP contribution is -2.49. The molecule has 0 saturated carbocycles. The summed E-state index contributed by atoms with van der Waals surface area (Å²) >= 11 is 8.93. The minimum atomic E-state index is -1.33. The molecule has 0 radical (unpaired) electrons. The quantitative estimate of drug-likeness (QED) is 0.117. The summed E-state index contributed by atoms with van der Waals surface area (Å²) in [6, 6.07) is 41.5. The Morgan fingerprint density at radius 3 is 2.27 bits per heavy atom. The highest BCUT2D eigenvalue weighted by atomic mass is 79.9. The Kier molecular flexibility index (Phi) is 11.3. The van der Waals surface area contributed by atoms with Crippen LogP contribution >= 0.6 is 43.6 Å². The molecular formula is C39H34Br2N2O4S. The molecule has 0 saturated heterocycles. The molecule has 244 valence electrons. The van der Waals surface area contributed by atoms with E-state index in [1.54, 1.807) is 11.8 Å². The van der Waals surface area contributed by atoms with Crippen LogP contribution in [0.4, 0.5) is 0 Å². The van der Waals surface area contributed by atoms with E-state index in [9.17, 15) is 4.79 Å². The number of amides is 1. The van der Waals surface area contributed by atoms with Crippen LogP contribution in [0.15, 0.2) is 151 Å². The van der Waals surface area contributed by atoms with Crippen molar-refractivity contribution in [3.05, 3.63) is 159 Å². The number of ether oxygens (including phenoxy) is 2. The third-order valence-corrected chi connectivity index (χ3v) is 10.4. The minimum Gasteiger partial charge on any atom is -0.494 e. The van der Waals surface area contributed by atoms with Gasteiger partial charge in [0.05, 0.1) is 6.61 Å². The Morgan fingerprint density at radius 1 is 0.854 bits per heavy atom. The fourth-order valence-electron chi connectivity index (χ4n) is 5.55. The van der Waals surface area contributed by atoms with Crippen LogP contribution < -0.4 is 10.1 Å². The monoisotopic (exact) mass is 784 g/mol. The van der Waals surface area contributed by atoms with E-state index in [0.29, 0.717) is 37.6 Å². The van der Waals surface area contributed by atoms with E-state index in [2.05, 4.69) is 55.4 Å². The van der Waals surface area contributed by atoms with Crippen molar-refractivity contribution in [2.45, 2.75) is 40.8 Å². The smallest absolute Gasteiger partial charge is 0.252 e. The van der Waals surface area contributed by atoms with Crippen molar-refractivity contribution in [3.63, 3.8) is 0 Å². The van der Waals surface area contributed by atoms with Gasteiger partial charge in [0.1, 0.15) is 5.75 Å². The van der Waals surface area contributed by atoms with E-state index in [0.717, 1.165) is 41.0 Å². The molecule has 0 spiro atoms. The standard InChI is InChI=1S/C39H34Br2N2O4S/c40-31-19-15-27(16-20-31)36-39(25-29-9-4-6-13-34(29)41,43-37(47-36)28-17-21-32(22-18-28)46-24-8-23-44)38(45)42-26-30-10-5-7-14-35(30)48-33-11-2-1-3-12-33/h1-7,9-22,36,44H,8,23-26H2,(H,42,45)/t36-,39-/m1/s1. The molecule has 1 amide bonds. The van der Waals surface area contributed by atoms with Crippen molar-refractivity contribution >= 4 is 55.4 Å². The highest BCUT2D eigenvalue weighted by molar-refractivity contribution is 9.10. The van der Waals surface area contributed by atoms with Gasteiger partial charge in [-0.2, -0.15) is 0 Å². The van der Waals surface area contributed by atoms with Gasteiger partial charge in [-0.3, -0.25) is 4.79 Å². The first-order valence-corrected chi connectivity index (χ1v) is 18.0. The van der Waals surface area contributed by atoms with E-state index in [1.807, 2.05) is 109 Å². The van der Waals surface area contributed by atoms with Gasteiger partial charge in [-0.1, -0.05) is 110 Å². The Morgan fingerprint density at radius 2 is 1.54 bits per heavy atom. The number of rotatable bonds is 13. The first-order chi connectivity index (χ1) is 23.4. The minimum absolute atomic E-state index is 0.0687. The summed E-state index contributed by atoms with van der Waals surface area (Å²) in [4.78, 5) is 22.2. The van der Waals surface area contributed by atoms with Crippen molar-refractivity contribution in [3.8, 4) is 5.75 Å². The summed E-state index contributed by atoms with van der Waals surface area (Å²) in [7, 11) is 0. The summed E-state index contributed by atoms with van der Waals surface area (Å²) in [6.07, 6.45) is 0.143. The molecule has 1 heterocycles. The van der Waals surface area contributed by atoms with Gasteiger partial charge in [-0.25, -0.2) is 4.99 Å². The first-order valence-electron chi connectivity index (χ1n) is 15.6. The van der Waals surface area contributed by atoms with Gasteiger partial charge in [0.2, 0.25) is 5.90 Å². The normalized spacial score (nSPS) is 17.0. The van der Waals surface area contributed by atoms with Gasteiger partial charge in [0.15, 0.2) is 11.6 Å². The van der Waals surface area contributed by atoms with Crippen LogP contribution in [0.3, 0.4) is 0 Å². The second-order valence-corrected chi connectivity index (χ2v) is 14.2. The molecule has 6 nitrogen and oxygen atoms in total. The van der Waals surface area contributed by atoms with Gasteiger partial charge >= 0.3 is 0 Å². The average molecular weight is 787 g/mol. The highest BCUT2D eigenvalue weighted by Gasteiger charge is 2.53. The molecule has 1 aliphatic heterocycles. The van der Waals surface area contributed by atoms with E-state index >= 15 is 0 Å². The predicted octanol–water partition coefficient (Wildman–Crippen LogP) is 8.94. The summed E-state index contributed by atoms with van der Waals surface area (Å²) in [5, 5.41) is 12.4. The van der Waals surface area contributed by atoms with Crippen LogP contribution in [-0.2, 0) is 22.5 Å². The van der Waals surface area contributed by atoms with Gasteiger partial charge in [0, 0.05) is 50.3 Å². The molecule has 2 atom stereocenters. The molecule has 5 aromatic rings. The molecular weight excluding hydrogens is 752 g/mol. The van der Waals surface area contributed by atoms with Crippen molar-refractivity contribution in [2.75, 3.05) is 13.2 Å².